The van der Waals surface area contributed by atoms with E-state index in [4.69, 9.17) is 23.2 Å². The topological polar surface area (TPSA) is 41.1 Å². The van der Waals surface area contributed by atoms with Crippen LogP contribution in [0.15, 0.2) is 48.6 Å². The predicted molar refractivity (Wildman–Crippen MR) is 104 cm³/mol. The molecule has 0 spiro atoms. The zero-order valence-corrected chi connectivity index (χ0v) is 15.2. The molecule has 5 heteroatoms. The number of benzene rings is 2. The first-order valence-electron chi connectivity index (χ1n) is 8.33. The lowest BCUT2D eigenvalue weighted by Crippen LogP contribution is -2.29. The van der Waals surface area contributed by atoms with E-state index in [2.05, 4.69) is 28.9 Å². The van der Waals surface area contributed by atoms with Crippen LogP contribution in [-0.2, 0) is 4.79 Å². The maximum absolute atomic E-state index is 11.3. The minimum atomic E-state index is -0.0641. The van der Waals surface area contributed by atoms with E-state index in [-0.39, 0.29) is 11.9 Å². The van der Waals surface area contributed by atoms with Gasteiger partial charge in [-0.25, -0.2) is 0 Å². The molecule has 0 radical (unpaired) electrons. The minimum Gasteiger partial charge on any atom is -0.378 e. The van der Waals surface area contributed by atoms with Crippen LogP contribution in [0.1, 0.15) is 36.4 Å². The van der Waals surface area contributed by atoms with Gasteiger partial charge in [0.15, 0.2) is 0 Å². The Labute approximate surface area is 157 Å². The van der Waals surface area contributed by atoms with Crippen LogP contribution < -0.4 is 10.6 Å². The average molecular weight is 373 g/mol. The summed E-state index contributed by atoms with van der Waals surface area (Å²) in [6.45, 7) is 1.52. The van der Waals surface area contributed by atoms with Crippen LogP contribution in [0.25, 0.3) is 0 Å². The molecular weight excluding hydrogens is 355 g/mol. The number of fused-ring (bicyclic) bond motifs is 3. The summed E-state index contributed by atoms with van der Waals surface area (Å²) in [6, 6.07) is 11.9. The normalized spacial score (nSPS) is 23.6. The first kappa shape index (κ1) is 16.5. The third kappa shape index (κ3) is 2.92. The summed E-state index contributed by atoms with van der Waals surface area (Å²) in [5, 5.41) is 7.70. The van der Waals surface area contributed by atoms with E-state index in [1.807, 2.05) is 30.3 Å². The molecule has 2 aromatic carbocycles. The summed E-state index contributed by atoms with van der Waals surface area (Å²) in [6.07, 6.45) is 5.46. The van der Waals surface area contributed by atoms with Gasteiger partial charge in [-0.05, 0) is 47.7 Å². The molecule has 0 saturated carbocycles. The van der Waals surface area contributed by atoms with Gasteiger partial charge < -0.3 is 10.6 Å². The van der Waals surface area contributed by atoms with E-state index in [0.717, 1.165) is 23.4 Å². The molecule has 128 valence electrons. The van der Waals surface area contributed by atoms with Crippen molar-refractivity contribution >= 4 is 40.5 Å². The van der Waals surface area contributed by atoms with E-state index < -0.39 is 0 Å². The molecule has 0 fully saturated rings. The molecule has 0 saturated heterocycles. The number of hydrogen-bond acceptors (Lipinski definition) is 2. The monoisotopic (exact) mass is 372 g/mol. The van der Waals surface area contributed by atoms with Gasteiger partial charge in [0, 0.05) is 24.2 Å². The number of carbonyl (C=O) groups excluding carboxylic acids is 1. The zero-order valence-electron chi connectivity index (χ0n) is 13.7. The van der Waals surface area contributed by atoms with E-state index >= 15 is 0 Å². The average Bonchev–Trinajstić information content (AvgIpc) is 3.06. The Morgan fingerprint density at radius 1 is 1.20 bits per heavy atom. The van der Waals surface area contributed by atoms with Crippen molar-refractivity contribution in [3.8, 4) is 0 Å². The van der Waals surface area contributed by atoms with Gasteiger partial charge in [-0.2, -0.15) is 0 Å². The molecular formula is C20H18Cl2N2O. The molecule has 0 aromatic heterocycles. The Morgan fingerprint density at radius 2 is 2.04 bits per heavy atom. The Kier molecular flexibility index (Phi) is 4.22. The van der Waals surface area contributed by atoms with Crippen molar-refractivity contribution in [1.82, 2.24) is 0 Å². The fourth-order valence-corrected chi connectivity index (χ4v) is 4.37. The van der Waals surface area contributed by atoms with Gasteiger partial charge in [-0.3, -0.25) is 4.79 Å². The number of nitrogens with one attached hydrogen (secondary N) is 2. The van der Waals surface area contributed by atoms with Crippen molar-refractivity contribution in [3.63, 3.8) is 0 Å². The summed E-state index contributed by atoms with van der Waals surface area (Å²) in [7, 11) is 0. The summed E-state index contributed by atoms with van der Waals surface area (Å²) in [5.74, 6) is 0.604. The Balaban J connectivity index is 1.76. The third-order valence-electron chi connectivity index (χ3n) is 5.00. The van der Waals surface area contributed by atoms with Crippen LogP contribution >= 0.6 is 23.2 Å². The lowest BCUT2D eigenvalue weighted by molar-refractivity contribution is -0.114. The molecule has 1 heterocycles. The molecule has 0 unspecified atom stereocenters. The van der Waals surface area contributed by atoms with Gasteiger partial charge in [0.1, 0.15) is 0 Å². The minimum absolute atomic E-state index is 0.0641. The van der Waals surface area contributed by atoms with Gasteiger partial charge in [0.2, 0.25) is 5.91 Å². The van der Waals surface area contributed by atoms with E-state index in [1.165, 1.54) is 12.5 Å². The third-order valence-corrected chi connectivity index (χ3v) is 5.83. The molecule has 1 aliphatic heterocycles. The highest BCUT2D eigenvalue weighted by Gasteiger charge is 2.38. The van der Waals surface area contributed by atoms with Gasteiger partial charge in [0.25, 0.3) is 0 Å². The van der Waals surface area contributed by atoms with Crippen LogP contribution in [0.4, 0.5) is 11.4 Å². The van der Waals surface area contributed by atoms with Gasteiger partial charge in [0.05, 0.1) is 16.1 Å². The summed E-state index contributed by atoms with van der Waals surface area (Å²) in [5.41, 5.74) is 4.14. The van der Waals surface area contributed by atoms with Crippen LogP contribution in [-0.4, -0.2) is 5.91 Å². The molecule has 1 amide bonds. The maximum atomic E-state index is 11.3. The summed E-state index contributed by atoms with van der Waals surface area (Å²) in [4.78, 5) is 11.3. The van der Waals surface area contributed by atoms with Crippen LogP contribution in [0, 0.1) is 5.92 Å². The second-order valence-electron chi connectivity index (χ2n) is 6.60. The van der Waals surface area contributed by atoms with Crippen LogP contribution in [0.5, 0.6) is 0 Å². The fourth-order valence-electron chi connectivity index (χ4n) is 3.94. The van der Waals surface area contributed by atoms with E-state index in [0.29, 0.717) is 21.9 Å². The van der Waals surface area contributed by atoms with Gasteiger partial charge in [-0.15, -0.1) is 0 Å². The highest BCUT2D eigenvalue weighted by atomic mass is 35.5. The zero-order chi connectivity index (χ0) is 17.6. The molecule has 25 heavy (non-hydrogen) atoms. The van der Waals surface area contributed by atoms with Crippen molar-refractivity contribution in [1.29, 1.82) is 0 Å². The Hall–Kier alpha value is -1.97. The number of allylic oxidation sites excluding steroid dienone is 2. The molecule has 2 aromatic rings. The molecule has 2 aliphatic rings. The first-order valence-corrected chi connectivity index (χ1v) is 9.09. The van der Waals surface area contributed by atoms with E-state index in [9.17, 15) is 4.79 Å². The van der Waals surface area contributed by atoms with Crippen molar-refractivity contribution in [2.24, 2.45) is 5.92 Å². The number of halogens is 2. The van der Waals surface area contributed by atoms with Crippen LogP contribution in [0.3, 0.4) is 0 Å². The molecule has 1 aliphatic carbocycles. The maximum Gasteiger partial charge on any atom is 0.221 e. The van der Waals surface area contributed by atoms with Crippen molar-refractivity contribution in [2.75, 3.05) is 10.6 Å². The summed E-state index contributed by atoms with van der Waals surface area (Å²) >= 11 is 12.7. The first-order chi connectivity index (χ1) is 12.0. The van der Waals surface area contributed by atoms with Gasteiger partial charge >= 0.3 is 0 Å². The van der Waals surface area contributed by atoms with E-state index in [1.54, 1.807) is 0 Å². The Morgan fingerprint density at radius 3 is 2.84 bits per heavy atom. The number of carbonyl (C=O) groups is 1. The van der Waals surface area contributed by atoms with Gasteiger partial charge in [-0.1, -0.05) is 47.5 Å². The number of hydrogen-bond donors (Lipinski definition) is 2. The van der Waals surface area contributed by atoms with Crippen molar-refractivity contribution in [2.45, 2.75) is 25.3 Å². The van der Waals surface area contributed by atoms with Crippen molar-refractivity contribution in [3.05, 3.63) is 69.7 Å². The smallest absolute Gasteiger partial charge is 0.221 e. The molecule has 4 rings (SSSR count). The second-order valence-corrected chi connectivity index (χ2v) is 7.39. The largest absolute Gasteiger partial charge is 0.378 e. The SMILES string of the molecule is CC(=O)Nc1ccc2c(c1)[C@H]1C=CC[C@@H]1[C@@H](c1cccc(Cl)c1Cl)N2. The number of anilines is 2. The lowest BCUT2D eigenvalue weighted by Gasteiger charge is -2.38. The molecule has 2 N–H and O–H groups in total. The van der Waals surface area contributed by atoms with Crippen LogP contribution in [0.2, 0.25) is 10.0 Å². The number of rotatable bonds is 2. The predicted octanol–water partition coefficient (Wildman–Crippen LogP) is 5.78. The number of amides is 1. The standard InChI is InChI=1S/C20H18Cl2N2O/c1-11(25)23-12-8-9-18-16(10-12)13-4-2-5-14(13)20(24-18)15-6-3-7-17(21)19(15)22/h2-4,6-10,13-14,20,24H,5H2,1H3,(H,23,25)/t13-,14-,20-/m0/s1. The molecule has 3 nitrogen and oxygen atoms in total. The summed E-state index contributed by atoms with van der Waals surface area (Å²) < 4.78 is 0. The molecule has 0 bridgehead atoms. The molecule has 3 atom stereocenters. The Bertz CT molecular complexity index is 878. The fraction of sp³-hybridized carbons (Fsp3) is 0.250. The van der Waals surface area contributed by atoms with Crippen molar-refractivity contribution < 1.29 is 4.79 Å². The highest BCUT2D eigenvalue weighted by Crippen LogP contribution is 2.51. The lowest BCUT2D eigenvalue weighted by atomic mass is 9.77. The highest BCUT2D eigenvalue weighted by molar-refractivity contribution is 6.42. The second kappa shape index (κ2) is 6.40. The quantitative estimate of drug-likeness (QED) is 0.656.